The largest absolute Gasteiger partial charge is 0.380 e. The van der Waals surface area contributed by atoms with Crippen LogP contribution < -0.4 is 10.6 Å². The van der Waals surface area contributed by atoms with Crippen molar-refractivity contribution in [1.82, 2.24) is 20.0 Å². The average Bonchev–Trinajstić information content (AvgIpc) is 2.86. The third-order valence-electron chi connectivity index (χ3n) is 3.62. The van der Waals surface area contributed by atoms with E-state index in [1.165, 1.54) is 0 Å². The zero-order chi connectivity index (χ0) is 13.7. The molecule has 1 aliphatic rings. The minimum absolute atomic E-state index is 0.0362. The number of amides is 1. The first kappa shape index (κ1) is 13.9. The maximum Gasteiger partial charge on any atom is 0.241 e. The molecule has 1 saturated heterocycles. The first-order chi connectivity index (χ1) is 9.21. The lowest BCUT2D eigenvalue weighted by molar-refractivity contribution is -0.121. The van der Waals surface area contributed by atoms with Gasteiger partial charge in [-0.15, -0.1) is 0 Å². The van der Waals surface area contributed by atoms with E-state index in [9.17, 15) is 4.79 Å². The van der Waals surface area contributed by atoms with Crippen LogP contribution in [0.15, 0.2) is 12.4 Å². The van der Waals surface area contributed by atoms with Gasteiger partial charge in [-0.3, -0.25) is 9.48 Å². The molecule has 2 N–H and O–H groups in total. The van der Waals surface area contributed by atoms with E-state index in [1.807, 2.05) is 6.20 Å². The number of anilines is 1. The predicted molar refractivity (Wildman–Crippen MR) is 75.1 cm³/mol. The number of piperidine rings is 1. The summed E-state index contributed by atoms with van der Waals surface area (Å²) in [5.74, 6) is -0.0362. The molecule has 19 heavy (non-hydrogen) atoms. The van der Waals surface area contributed by atoms with Gasteiger partial charge in [0.2, 0.25) is 5.91 Å². The molecule has 0 aromatic carbocycles. The van der Waals surface area contributed by atoms with Gasteiger partial charge in [0.15, 0.2) is 0 Å². The molecule has 0 radical (unpaired) electrons. The lowest BCUT2D eigenvalue weighted by Gasteiger charge is -2.31. The van der Waals surface area contributed by atoms with Gasteiger partial charge in [0.05, 0.1) is 11.9 Å². The number of nitrogens with one attached hydrogen (secondary N) is 2. The molecule has 0 aliphatic carbocycles. The monoisotopic (exact) mass is 265 g/mol. The molecule has 2 heterocycles. The zero-order valence-electron chi connectivity index (χ0n) is 11.7. The highest BCUT2D eigenvalue weighted by Crippen LogP contribution is 2.15. The molecule has 0 spiro atoms. The molecule has 6 nitrogen and oxygen atoms in total. The average molecular weight is 265 g/mol. The van der Waals surface area contributed by atoms with Crippen molar-refractivity contribution in [3.05, 3.63) is 12.4 Å². The van der Waals surface area contributed by atoms with Gasteiger partial charge in [0.25, 0.3) is 0 Å². The minimum Gasteiger partial charge on any atom is -0.380 e. The lowest BCUT2D eigenvalue weighted by atomic mass is 10.1. The van der Waals surface area contributed by atoms with E-state index < -0.39 is 0 Å². The molecule has 0 bridgehead atoms. The first-order valence-electron chi connectivity index (χ1n) is 6.93. The van der Waals surface area contributed by atoms with E-state index in [4.69, 9.17) is 0 Å². The SMILES string of the molecule is CCN1CCC(Nc2cnn(CC(=O)NC)c2)CC1. The Balaban J connectivity index is 1.82. The number of nitrogens with zero attached hydrogens (tertiary/aromatic N) is 3. The molecule has 0 unspecified atom stereocenters. The summed E-state index contributed by atoms with van der Waals surface area (Å²) in [6, 6.07) is 0.514. The van der Waals surface area contributed by atoms with Crippen molar-refractivity contribution in [3.63, 3.8) is 0 Å². The van der Waals surface area contributed by atoms with Crippen LogP contribution in [0.3, 0.4) is 0 Å². The zero-order valence-corrected chi connectivity index (χ0v) is 11.7. The van der Waals surface area contributed by atoms with Crippen LogP contribution >= 0.6 is 0 Å². The molecular formula is C13H23N5O. The van der Waals surface area contributed by atoms with Crippen molar-refractivity contribution in [2.75, 3.05) is 32.0 Å². The smallest absolute Gasteiger partial charge is 0.241 e. The molecule has 1 fully saturated rings. The van der Waals surface area contributed by atoms with Crippen molar-refractivity contribution in [2.24, 2.45) is 0 Å². The molecule has 0 atom stereocenters. The highest BCUT2D eigenvalue weighted by molar-refractivity contribution is 5.75. The second-order valence-electron chi connectivity index (χ2n) is 4.95. The highest BCUT2D eigenvalue weighted by atomic mass is 16.1. The Morgan fingerprint density at radius 2 is 2.21 bits per heavy atom. The van der Waals surface area contributed by atoms with E-state index in [-0.39, 0.29) is 12.5 Å². The number of carbonyl (C=O) groups excluding carboxylic acids is 1. The van der Waals surface area contributed by atoms with Crippen molar-refractivity contribution in [1.29, 1.82) is 0 Å². The van der Waals surface area contributed by atoms with Gasteiger partial charge in [-0.2, -0.15) is 5.10 Å². The summed E-state index contributed by atoms with van der Waals surface area (Å²) in [5.41, 5.74) is 0.999. The van der Waals surface area contributed by atoms with Gasteiger partial charge in [0.1, 0.15) is 6.54 Å². The van der Waals surface area contributed by atoms with Crippen LogP contribution in [-0.2, 0) is 11.3 Å². The fraction of sp³-hybridized carbons (Fsp3) is 0.692. The van der Waals surface area contributed by atoms with Gasteiger partial charge >= 0.3 is 0 Å². The number of hydrogen-bond acceptors (Lipinski definition) is 4. The van der Waals surface area contributed by atoms with Gasteiger partial charge in [0, 0.05) is 32.4 Å². The van der Waals surface area contributed by atoms with E-state index in [0.717, 1.165) is 38.2 Å². The summed E-state index contributed by atoms with van der Waals surface area (Å²) >= 11 is 0. The molecule has 1 aromatic rings. The molecule has 1 aliphatic heterocycles. The fourth-order valence-electron chi connectivity index (χ4n) is 2.38. The van der Waals surface area contributed by atoms with E-state index >= 15 is 0 Å². The van der Waals surface area contributed by atoms with Crippen LogP contribution in [0.5, 0.6) is 0 Å². The lowest BCUT2D eigenvalue weighted by Crippen LogP contribution is -2.38. The Labute approximate surface area is 114 Å². The van der Waals surface area contributed by atoms with Crippen LogP contribution in [0.4, 0.5) is 5.69 Å². The van der Waals surface area contributed by atoms with Gasteiger partial charge in [-0.25, -0.2) is 0 Å². The van der Waals surface area contributed by atoms with E-state index in [1.54, 1.807) is 17.9 Å². The van der Waals surface area contributed by atoms with Gasteiger partial charge < -0.3 is 15.5 Å². The van der Waals surface area contributed by atoms with Crippen molar-refractivity contribution in [3.8, 4) is 0 Å². The molecule has 1 aromatic heterocycles. The van der Waals surface area contributed by atoms with E-state index in [0.29, 0.717) is 6.04 Å². The minimum atomic E-state index is -0.0362. The number of likely N-dealkylation sites (N-methyl/N-ethyl adjacent to an activating group) is 1. The van der Waals surface area contributed by atoms with Crippen LogP contribution in [0.1, 0.15) is 19.8 Å². The summed E-state index contributed by atoms with van der Waals surface area (Å²) in [4.78, 5) is 13.7. The Morgan fingerprint density at radius 3 is 2.84 bits per heavy atom. The maximum atomic E-state index is 11.3. The molecular weight excluding hydrogens is 242 g/mol. The van der Waals surface area contributed by atoms with Gasteiger partial charge in [-0.1, -0.05) is 6.92 Å². The molecule has 0 saturated carbocycles. The Morgan fingerprint density at radius 1 is 1.47 bits per heavy atom. The molecule has 6 heteroatoms. The molecule has 1 amide bonds. The summed E-state index contributed by atoms with van der Waals surface area (Å²) in [6.07, 6.45) is 6.00. The molecule has 106 valence electrons. The van der Waals surface area contributed by atoms with Crippen LogP contribution in [-0.4, -0.2) is 53.3 Å². The van der Waals surface area contributed by atoms with Crippen LogP contribution in [0.2, 0.25) is 0 Å². The second-order valence-corrected chi connectivity index (χ2v) is 4.95. The second kappa shape index (κ2) is 6.56. The van der Waals surface area contributed by atoms with Crippen molar-refractivity contribution < 1.29 is 4.79 Å². The Kier molecular flexibility index (Phi) is 4.79. The Hall–Kier alpha value is -1.56. The topological polar surface area (TPSA) is 62.2 Å². The van der Waals surface area contributed by atoms with Crippen LogP contribution in [0, 0.1) is 0 Å². The summed E-state index contributed by atoms with van der Waals surface area (Å²) in [7, 11) is 1.63. The standard InChI is InChI=1S/C13H23N5O/c1-3-17-6-4-11(5-7-17)16-12-8-15-18(9-12)10-13(19)14-2/h8-9,11,16H,3-7,10H2,1-2H3,(H,14,19). The predicted octanol–water partition coefficient (Wildman–Crippen LogP) is 0.525. The quantitative estimate of drug-likeness (QED) is 0.815. The summed E-state index contributed by atoms with van der Waals surface area (Å²) in [6.45, 7) is 5.92. The molecule has 2 rings (SSSR count). The maximum absolute atomic E-state index is 11.3. The number of likely N-dealkylation sites (tertiary alicyclic amines) is 1. The normalized spacial score (nSPS) is 17.4. The van der Waals surface area contributed by atoms with Crippen molar-refractivity contribution in [2.45, 2.75) is 32.4 Å². The number of hydrogen-bond donors (Lipinski definition) is 2. The third kappa shape index (κ3) is 3.96. The first-order valence-corrected chi connectivity index (χ1v) is 6.93. The van der Waals surface area contributed by atoms with Crippen molar-refractivity contribution >= 4 is 11.6 Å². The van der Waals surface area contributed by atoms with Crippen LogP contribution in [0.25, 0.3) is 0 Å². The number of carbonyl (C=O) groups is 1. The highest BCUT2D eigenvalue weighted by Gasteiger charge is 2.18. The fourth-order valence-corrected chi connectivity index (χ4v) is 2.38. The Bertz CT molecular complexity index is 409. The number of aromatic nitrogens is 2. The summed E-state index contributed by atoms with van der Waals surface area (Å²) < 4.78 is 1.66. The van der Waals surface area contributed by atoms with Gasteiger partial charge in [-0.05, 0) is 19.4 Å². The third-order valence-corrected chi connectivity index (χ3v) is 3.62. The van der Waals surface area contributed by atoms with E-state index in [2.05, 4.69) is 27.6 Å². The summed E-state index contributed by atoms with van der Waals surface area (Å²) in [5, 5.41) is 10.3. The number of rotatable bonds is 5.